The van der Waals surface area contributed by atoms with Gasteiger partial charge in [-0.25, -0.2) is 0 Å². The van der Waals surface area contributed by atoms with Gasteiger partial charge in [0.2, 0.25) is 0 Å². The zero-order valence-corrected chi connectivity index (χ0v) is 12.9. The van der Waals surface area contributed by atoms with E-state index in [-0.39, 0.29) is 18.3 Å². The van der Waals surface area contributed by atoms with E-state index in [1.165, 1.54) is 5.56 Å². The van der Waals surface area contributed by atoms with Crippen LogP contribution in [0.3, 0.4) is 0 Å². The van der Waals surface area contributed by atoms with Gasteiger partial charge in [-0.15, -0.1) is 12.4 Å². The van der Waals surface area contributed by atoms with E-state index in [1.54, 1.807) is 31.6 Å². The zero-order valence-electron chi connectivity index (χ0n) is 12.1. The van der Waals surface area contributed by atoms with Gasteiger partial charge in [0.25, 0.3) is 5.91 Å². The van der Waals surface area contributed by atoms with Crippen LogP contribution in [0.2, 0.25) is 0 Å². The monoisotopic (exact) mass is 306 g/mol. The Labute approximate surface area is 131 Å². The van der Waals surface area contributed by atoms with Crippen molar-refractivity contribution in [2.45, 2.75) is 13.3 Å². The summed E-state index contributed by atoms with van der Waals surface area (Å²) < 4.78 is 5.22. The predicted molar refractivity (Wildman–Crippen MR) is 85.3 cm³/mol. The quantitative estimate of drug-likeness (QED) is 0.924. The van der Waals surface area contributed by atoms with Gasteiger partial charge in [0, 0.05) is 18.9 Å². The number of nitrogens with one attached hydrogen (secondary N) is 1. The van der Waals surface area contributed by atoms with Crippen molar-refractivity contribution in [3.8, 4) is 5.75 Å². The molecule has 1 N–H and O–H groups in total. The van der Waals surface area contributed by atoms with Crippen LogP contribution in [0.5, 0.6) is 5.75 Å². The number of pyridine rings is 1. The van der Waals surface area contributed by atoms with Gasteiger partial charge < -0.3 is 10.1 Å². The molecule has 0 saturated heterocycles. The second-order valence-corrected chi connectivity index (χ2v) is 4.55. The summed E-state index contributed by atoms with van der Waals surface area (Å²) >= 11 is 0. The Hall–Kier alpha value is -2.07. The highest BCUT2D eigenvalue weighted by Gasteiger charge is 2.05. The summed E-state index contributed by atoms with van der Waals surface area (Å²) in [6.07, 6.45) is 4.00. The maximum absolute atomic E-state index is 11.8. The van der Waals surface area contributed by atoms with E-state index in [0.717, 1.165) is 17.7 Å². The Bertz CT molecular complexity index is 588. The molecule has 0 aliphatic carbocycles. The standard InChI is InChI=1S/C16H18N2O2.ClH/c1-12-10-13(5-6-15(12)20-2)7-9-18-16(19)14-4-3-8-17-11-14;/h3-6,8,10-11H,7,9H2,1-2H3,(H,18,19);1H. The number of ether oxygens (including phenoxy) is 1. The van der Waals surface area contributed by atoms with Crippen LogP contribution in [0.4, 0.5) is 0 Å². The third-order valence-corrected chi connectivity index (χ3v) is 3.08. The minimum atomic E-state index is -0.0941. The van der Waals surface area contributed by atoms with Gasteiger partial charge in [0.1, 0.15) is 5.75 Å². The second kappa shape index (κ2) is 8.27. The number of halogens is 1. The summed E-state index contributed by atoms with van der Waals surface area (Å²) in [6, 6.07) is 9.55. The highest BCUT2D eigenvalue weighted by Crippen LogP contribution is 2.18. The smallest absolute Gasteiger partial charge is 0.252 e. The molecule has 112 valence electrons. The summed E-state index contributed by atoms with van der Waals surface area (Å²) in [5, 5.41) is 2.89. The van der Waals surface area contributed by atoms with Gasteiger partial charge in [0.05, 0.1) is 12.7 Å². The fourth-order valence-corrected chi connectivity index (χ4v) is 2.02. The molecule has 21 heavy (non-hydrogen) atoms. The predicted octanol–water partition coefficient (Wildman–Crippen LogP) is 2.79. The van der Waals surface area contributed by atoms with Gasteiger partial charge in [-0.05, 0) is 42.7 Å². The van der Waals surface area contributed by atoms with Gasteiger partial charge in [-0.2, -0.15) is 0 Å². The number of rotatable bonds is 5. The van der Waals surface area contributed by atoms with Crippen LogP contribution in [-0.2, 0) is 6.42 Å². The topological polar surface area (TPSA) is 51.2 Å². The summed E-state index contributed by atoms with van der Waals surface area (Å²) in [7, 11) is 1.66. The molecule has 0 atom stereocenters. The van der Waals surface area contributed by atoms with Crippen molar-refractivity contribution in [3.05, 3.63) is 59.4 Å². The maximum atomic E-state index is 11.8. The van der Waals surface area contributed by atoms with Crippen LogP contribution in [0.15, 0.2) is 42.7 Å². The molecule has 0 fully saturated rings. The van der Waals surface area contributed by atoms with Gasteiger partial charge in [-0.1, -0.05) is 12.1 Å². The number of hydrogen-bond donors (Lipinski definition) is 1. The highest BCUT2D eigenvalue weighted by atomic mass is 35.5. The van der Waals surface area contributed by atoms with Crippen molar-refractivity contribution in [3.63, 3.8) is 0 Å². The molecular weight excluding hydrogens is 288 g/mol. The Morgan fingerprint density at radius 3 is 2.76 bits per heavy atom. The first-order chi connectivity index (χ1) is 9.70. The van der Waals surface area contributed by atoms with E-state index in [0.29, 0.717) is 12.1 Å². The molecule has 0 unspecified atom stereocenters. The lowest BCUT2D eigenvalue weighted by Gasteiger charge is -2.08. The minimum Gasteiger partial charge on any atom is -0.496 e. The molecule has 1 heterocycles. The molecule has 1 amide bonds. The molecule has 5 heteroatoms. The molecule has 2 aromatic rings. The van der Waals surface area contributed by atoms with Crippen LogP contribution < -0.4 is 10.1 Å². The van der Waals surface area contributed by atoms with Crippen molar-refractivity contribution in [2.75, 3.05) is 13.7 Å². The minimum absolute atomic E-state index is 0. The van der Waals surface area contributed by atoms with E-state index in [1.807, 2.05) is 19.1 Å². The van der Waals surface area contributed by atoms with Crippen LogP contribution in [0, 0.1) is 6.92 Å². The van der Waals surface area contributed by atoms with Crippen molar-refractivity contribution >= 4 is 18.3 Å². The third kappa shape index (κ3) is 4.76. The third-order valence-electron chi connectivity index (χ3n) is 3.08. The lowest BCUT2D eigenvalue weighted by Crippen LogP contribution is -2.25. The Morgan fingerprint density at radius 1 is 1.33 bits per heavy atom. The summed E-state index contributed by atoms with van der Waals surface area (Å²) in [5.41, 5.74) is 2.86. The lowest BCUT2D eigenvalue weighted by molar-refractivity contribution is 0.0954. The number of hydrogen-bond acceptors (Lipinski definition) is 3. The SMILES string of the molecule is COc1ccc(CCNC(=O)c2cccnc2)cc1C.Cl. The molecule has 0 saturated carbocycles. The first kappa shape index (κ1) is 17.0. The van der Waals surface area contributed by atoms with Crippen LogP contribution in [0.1, 0.15) is 21.5 Å². The lowest BCUT2D eigenvalue weighted by atomic mass is 10.1. The van der Waals surface area contributed by atoms with Crippen molar-refractivity contribution < 1.29 is 9.53 Å². The summed E-state index contributed by atoms with van der Waals surface area (Å²) in [6.45, 7) is 2.61. The molecule has 1 aromatic carbocycles. The van der Waals surface area contributed by atoms with Gasteiger partial charge in [0.15, 0.2) is 0 Å². The first-order valence-corrected chi connectivity index (χ1v) is 6.52. The second-order valence-electron chi connectivity index (χ2n) is 4.55. The average Bonchev–Trinajstić information content (AvgIpc) is 2.48. The molecule has 0 radical (unpaired) electrons. The fraction of sp³-hybridized carbons (Fsp3) is 0.250. The number of aromatic nitrogens is 1. The number of carbonyl (C=O) groups is 1. The van der Waals surface area contributed by atoms with Gasteiger partial charge in [-0.3, -0.25) is 9.78 Å². The molecule has 0 spiro atoms. The molecule has 4 nitrogen and oxygen atoms in total. The first-order valence-electron chi connectivity index (χ1n) is 6.52. The molecule has 0 aliphatic rings. The number of methoxy groups -OCH3 is 1. The normalized spacial score (nSPS) is 9.62. The van der Waals surface area contributed by atoms with Crippen LogP contribution in [0.25, 0.3) is 0 Å². The van der Waals surface area contributed by atoms with Crippen LogP contribution >= 0.6 is 12.4 Å². The van der Waals surface area contributed by atoms with E-state index < -0.39 is 0 Å². The molecule has 1 aromatic heterocycles. The Kier molecular flexibility index (Phi) is 6.69. The molecular formula is C16H19ClN2O2. The number of nitrogens with zero attached hydrogens (tertiary/aromatic N) is 1. The van der Waals surface area contributed by atoms with E-state index >= 15 is 0 Å². The number of carbonyl (C=O) groups excluding carboxylic acids is 1. The van der Waals surface area contributed by atoms with Crippen molar-refractivity contribution in [2.24, 2.45) is 0 Å². The maximum Gasteiger partial charge on any atom is 0.252 e. The molecule has 0 bridgehead atoms. The van der Waals surface area contributed by atoms with Crippen molar-refractivity contribution in [1.29, 1.82) is 0 Å². The largest absolute Gasteiger partial charge is 0.496 e. The van der Waals surface area contributed by atoms with Crippen LogP contribution in [-0.4, -0.2) is 24.5 Å². The average molecular weight is 307 g/mol. The van der Waals surface area contributed by atoms with E-state index in [4.69, 9.17) is 4.74 Å². The Balaban J connectivity index is 0.00000220. The number of benzene rings is 1. The van der Waals surface area contributed by atoms with Crippen molar-refractivity contribution in [1.82, 2.24) is 10.3 Å². The number of amides is 1. The summed E-state index contributed by atoms with van der Waals surface area (Å²) in [4.78, 5) is 15.8. The van der Waals surface area contributed by atoms with Gasteiger partial charge >= 0.3 is 0 Å². The Morgan fingerprint density at radius 2 is 2.14 bits per heavy atom. The summed E-state index contributed by atoms with van der Waals surface area (Å²) in [5.74, 6) is 0.788. The zero-order chi connectivity index (χ0) is 14.4. The fourth-order valence-electron chi connectivity index (χ4n) is 2.02. The number of aryl methyl sites for hydroxylation is 1. The molecule has 0 aliphatic heterocycles. The van der Waals surface area contributed by atoms with E-state index in [2.05, 4.69) is 16.4 Å². The van der Waals surface area contributed by atoms with E-state index in [9.17, 15) is 4.79 Å². The molecule has 2 rings (SSSR count). The highest BCUT2D eigenvalue weighted by molar-refractivity contribution is 5.93.